The molecule has 2 aliphatic heterocycles. The van der Waals surface area contributed by atoms with Gasteiger partial charge in [0.25, 0.3) is 11.8 Å². The first kappa shape index (κ1) is 25.9. The van der Waals surface area contributed by atoms with Gasteiger partial charge in [-0.1, -0.05) is 42.5 Å². The van der Waals surface area contributed by atoms with Crippen LogP contribution < -0.4 is 15.5 Å². The number of anilines is 2. The second-order valence-corrected chi connectivity index (χ2v) is 8.84. The van der Waals surface area contributed by atoms with Gasteiger partial charge in [-0.05, 0) is 42.0 Å². The molecule has 1 unspecified atom stereocenters. The Morgan fingerprint density at radius 3 is 1.77 bits per heavy atom. The van der Waals surface area contributed by atoms with E-state index in [0.717, 1.165) is 12.0 Å². The van der Waals surface area contributed by atoms with Gasteiger partial charge in [0.2, 0.25) is 0 Å². The molecule has 0 fully saturated rings. The Balaban J connectivity index is 1.65. The van der Waals surface area contributed by atoms with Crippen LogP contribution in [0.5, 0.6) is 0 Å². The predicted molar refractivity (Wildman–Crippen MR) is 144 cm³/mol. The normalized spacial score (nSPS) is 16.6. The summed E-state index contributed by atoms with van der Waals surface area (Å²) < 4.78 is 10.1. The highest BCUT2D eigenvalue weighted by Crippen LogP contribution is 2.43. The van der Waals surface area contributed by atoms with E-state index in [9.17, 15) is 24.4 Å². The minimum atomic E-state index is -0.998. The van der Waals surface area contributed by atoms with Crippen LogP contribution in [0.15, 0.2) is 102 Å². The highest BCUT2D eigenvalue weighted by Gasteiger charge is 2.43. The van der Waals surface area contributed by atoms with Crippen LogP contribution in [-0.4, -0.2) is 38.0 Å². The summed E-state index contributed by atoms with van der Waals surface area (Å²) in [7, 11) is 2.33. The van der Waals surface area contributed by atoms with Gasteiger partial charge in [0.15, 0.2) is 0 Å². The van der Waals surface area contributed by atoms with Crippen molar-refractivity contribution in [1.82, 2.24) is 0 Å². The van der Waals surface area contributed by atoms with Gasteiger partial charge >= 0.3 is 11.9 Å². The van der Waals surface area contributed by atoms with Gasteiger partial charge in [-0.2, -0.15) is 5.26 Å². The number of methoxy groups -OCH3 is 2. The molecule has 2 heterocycles. The maximum absolute atomic E-state index is 13.2. The molecule has 40 heavy (non-hydrogen) atoms. The zero-order chi connectivity index (χ0) is 28.6. The summed E-state index contributed by atoms with van der Waals surface area (Å²) in [5.74, 6) is -3.76. The minimum Gasteiger partial charge on any atom is -0.466 e. The van der Waals surface area contributed by atoms with E-state index in [1.807, 2.05) is 0 Å². The van der Waals surface area contributed by atoms with Crippen LogP contribution >= 0.6 is 0 Å². The molecule has 0 aromatic heterocycles. The maximum atomic E-state index is 13.2. The summed E-state index contributed by atoms with van der Waals surface area (Å²) in [5.41, 5.74) is 7.87. The summed E-state index contributed by atoms with van der Waals surface area (Å²) in [4.78, 5) is 54.5. The average Bonchev–Trinajstić information content (AvgIpc) is 3.25. The highest BCUT2D eigenvalue weighted by molar-refractivity contribution is 6.34. The molecule has 2 amide bonds. The first-order chi connectivity index (χ1) is 19.3. The molecule has 3 aromatic rings. The van der Waals surface area contributed by atoms with Crippen LogP contribution in [0, 0.1) is 11.3 Å². The lowest BCUT2D eigenvalue weighted by molar-refractivity contribution is -0.139. The third-order valence-corrected chi connectivity index (χ3v) is 6.77. The van der Waals surface area contributed by atoms with Crippen molar-refractivity contribution in [2.75, 3.05) is 24.0 Å². The maximum Gasteiger partial charge on any atom is 0.355 e. The summed E-state index contributed by atoms with van der Waals surface area (Å²) in [5, 5.41) is 10.2. The number of amides is 2. The van der Waals surface area contributed by atoms with Crippen LogP contribution in [0.1, 0.15) is 32.2 Å². The Labute approximate surface area is 229 Å². The molecule has 0 saturated heterocycles. The zero-order valence-electron chi connectivity index (χ0n) is 21.5. The average molecular weight is 535 g/mol. The monoisotopic (exact) mass is 534 g/mol. The molecule has 2 aliphatic rings. The van der Waals surface area contributed by atoms with Gasteiger partial charge < -0.3 is 15.2 Å². The van der Waals surface area contributed by atoms with Gasteiger partial charge in [-0.15, -0.1) is 0 Å². The number of esters is 2. The molecule has 10 nitrogen and oxygen atoms in total. The number of hydrogen-bond donors (Lipinski definition) is 1. The van der Waals surface area contributed by atoms with E-state index in [0.29, 0.717) is 16.7 Å². The molecule has 1 atom stereocenters. The highest BCUT2D eigenvalue weighted by atomic mass is 16.5. The van der Waals surface area contributed by atoms with Crippen molar-refractivity contribution in [3.63, 3.8) is 0 Å². The Morgan fingerprint density at radius 2 is 1.27 bits per heavy atom. The van der Waals surface area contributed by atoms with E-state index in [1.54, 1.807) is 54.6 Å². The van der Waals surface area contributed by atoms with E-state index in [1.165, 1.54) is 36.3 Å². The number of imide groups is 1. The Morgan fingerprint density at radius 1 is 0.775 bits per heavy atom. The van der Waals surface area contributed by atoms with E-state index < -0.39 is 29.7 Å². The van der Waals surface area contributed by atoms with Gasteiger partial charge in [0.1, 0.15) is 11.5 Å². The second kappa shape index (κ2) is 10.2. The summed E-state index contributed by atoms with van der Waals surface area (Å²) in [6, 6.07) is 23.3. The van der Waals surface area contributed by atoms with Crippen LogP contribution in [0.3, 0.4) is 0 Å². The van der Waals surface area contributed by atoms with Gasteiger partial charge in [0, 0.05) is 5.69 Å². The lowest BCUT2D eigenvalue weighted by atomic mass is 9.81. The molecule has 0 saturated carbocycles. The van der Waals surface area contributed by atoms with Crippen molar-refractivity contribution >= 4 is 35.1 Å². The third-order valence-electron chi connectivity index (χ3n) is 6.77. The number of nitriles is 1. The first-order valence-corrected chi connectivity index (χ1v) is 12.1. The standard InChI is InChI=1S/C30H22N4O6/c1-39-29(37)24-23(17-8-4-3-5-9-17)22(16-31)26(32)33(25(24)30(38)40-2)18-12-14-19(15-13-18)34-27(35)20-10-6-7-11-21(20)28(34)36/h3-15,23H,32H2,1-2H3. The molecule has 0 bridgehead atoms. The van der Waals surface area contributed by atoms with Crippen LogP contribution in [0.2, 0.25) is 0 Å². The fraction of sp³-hybridized carbons (Fsp3) is 0.100. The Kier molecular flexibility index (Phi) is 6.63. The number of hydrogen-bond acceptors (Lipinski definition) is 9. The molecule has 3 aromatic carbocycles. The third kappa shape index (κ3) is 3.97. The van der Waals surface area contributed by atoms with Crippen LogP contribution in [-0.2, 0) is 19.1 Å². The van der Waals surface area contributed by atoms with Crippen molar-refractivity contribution in [3.8, 4) is 6.07 Å². The van der Waals surface area contributed by atoms with Crippen LogP contribution in [0.25, 0.3) is 0 Å². The first-order valence-electron chi connectivity index (χ1n) is 12.1. The van der Waals surface area contributed by atoms with Crippen molar-refractivity contribution < 1.29 is 28.7 Å². The molecule has 5 rings (SSSR count). The molecule has 0 aliphatic carbocycles. The number of rotatable bonds is 5. The quantitative estimate of drug-likeness (QED) is 0.385. The fourth-order valence-electron chi connectivity index (χ4n) is 4.96. The number of carbonyl (C=O) groups excluding carboxylic acids is 4. The largest absolute Gasteiger partial charge is 0.466 e. The Hall–Kier alpha value is -5.69. The SMILES string of the molecule is COC(=O)C1=C(C(=O)OC)N(c2ccc(N3C(=O)c4ccccc4C3=O)cc2)C(N)=C(C#N)C1c1ccccc1. The number of ether oxygens (including phenoxy) is 2. The smallest absolute Gasteiger partial charge is 0.355 e. The fourth-order valence-corrected chi connectivity index (χ4v) is 4.96. The second-order valence-electron chi connectivity index (χ2n) is 8.84. The molecule has 2 N–H and O–H groups in total. The van der Waals surface area contributed by atoms with Crippen molar-refractivity contribution in [1.29, 1.82) is 5.26 Å². The number of nitrogens with two attached hydrogens (primary N) is 1. The molecule has 198 valence electrons. The molecule has 0 spiro atoms. The molecule has 10 heteroatoms. The van der Waals surface area contributed by atoms with E-state index in [4.69, 9.17) is 15.2 Å². The lowest BCUT2D eigenvalue weighted by Gasteiger charge is -2.36. The summed E-state index contributed by atoms with van der Waals surface area (Å²) in [6.45, 7) is 0. The van der Waals surface area contributed by atoms with E-state index in [2.05, 4.69) is 6.07 Å². The van der Waals surface area contributed by atoms with Gasteiger partial charge in [-0.3, -0.25) is 14.5 Å². The number of nitrogens with zero attached hydrogens (tertiary/aromatic N) is 3. The van der Waals surface area contributed by atoms with Gasteiger partial charge in [-0.25, -0.2) is 14.5 Å². The summed E-state index contributed by atoms with van der Waals surface area (Å²) in [6.07, 6.45) is 0. The molecular formula is C30H22N4O6. The van der Waals surface area contributed by atoms with Gasteiger partial charge in [0.05, 0.1) is 54.2 Å². The van der Waals surface area contributed by atoms with Crippen molar-refractivity contribution in [2.45, 2.75) is 5.92 Å². The molecule has 0 radical (unpaired) electrons. The number of benzene rings is 3. The number of carbonyl (C=O) groups is 4. The Bertz CT molecular complexity index is 1630. The van der Waals surface area contributed by atoms with E-state index in [-0.39, 0.29) is 34.0 Å². The van der Waals surface area contributed by atoms with Crippen LogP contribution in [0.4, 0.5) is 11.4 Å². The minimum absolute atomic E-state index is 0.0173. The summed E-state index contributed by atoms with van der Waals surface area (Å²) >= 11 is 0. The van der Waals surface area contributed by atoms with E-state index >= 15 is 0 Å². The molecular weight excluding hydrogens is 512 g/mol. The number of fused-ring (bicyclic) bond motifs is 1. The lowest BCUT2D eigenvalue weighted by Crippen LogP contribution is -2.40. The topological polar surface area (TPSA) is 143 Å². The predicted octanol–water partition coefficient (Wildman–Crippen LogP) is 3.38. The number of allylic oxidation sites excluding steroid dienone is 1. The zero-order valence-corrected chi connectivity index (χ0v) is 21.5. The van der Waals surface area contributed by atoms with Crippen molar-refractivity contribution in [3.05, 3.63) is 118 Å². The van der Waals surface area contributed by atoms with Crippen molar-refractivity contribution in [2.24, 2.45) is 5.73 Å².